The van der Waals surface area contributed by atoms with E-state index in [4.69, 9.17) is 14.0 Å². The molecule has 0 aliphatic rings. The van der Waals surface area contributed by atoms with E-state index in [0.29, 0.717) is 24.9 Å². The summed E-state index contributed by atoms with van der Waals surface area (Å²) in [5, 5.41) is 4.10. The molecule has 0 aliphatic heterocycles. The second kappa shape index (κ2) is 9.12. The molecule has 0 atom stereocenters. The van der Waals surface area contributed by atoms with Crippen molar-refractivity contribution < 1.29 is 14.0 Å². The van der Waals surface area contributed by atoms with Crippen LogP contribution in [0.1, 0.15) is 11.5 Å². The molecule has 0 fully saturated rings. The van der Waals surface area contributed by atoms with Crippen LogP contribution >= 0.6 is 0 Å². The number of ether oxygens (including phenoxy) is 2. The largest absolute Gasteiger partial charge is 0.497 e. The molecule has 0 unspecified atom stereocenters. The highest BCUT2D eigenvalue weighted by atomic mass is 16.5. The van der Waals surface area contributed by atoms with Gasteiger partial charge in [-0.2, -0.15) is 4.98 Å². The van der Waals surface area contributed by atoms with Gasteiger partial charge >= 0.3 is 0 Å². The fourth-order valence-electron chi connectivity index (χ4n) is 2.67. The Morgan fingerprint density at radius 3 is 2.62 bits per heavy atom. The van der Waals surface area contributed by atoms with Crippen molar-refractivity contribution in [2.75, 3.05) is 27.4 Å². The van der Waals surface area contributed by atoms with Gasteiger partial charge in [0.15, 0.2) is 0 Å². The number of hydrogen-bond acceptors (Lipinski definition) is 6. The molecule has 0 saturated carbocycles. The molecule has 6 nitrogen and oxygen atoms in total. The first kappa shape index (κ1) is 18.1. The first-order valence-electron chi connectivity index (χ1n) is 8.50. The molecule has 0 bridgehead atoms. The highest BCUT2D eigenvalue weighted by Gasteiger charge is 2.14. The zero-order chi connectivity index (χ0) is 18.2. The average molecular weight is 353 g/mol. The summed E-state index contributed by atoms with van der Waals surface area (Å²) in [6.45, 7) is 2.78. The Labute approximate surface area is 153 Å². The number of methoxy groups -OCH3 is 2. The standard InChI is InChI=1S/C20H23N3O3/c1-24-12-11-23(14-16-7-4-3-5-8-16)15-19-21-20(22-26-19)17-9-6-10-18(13-17)25-2/h3-10,13H,11-12,14-15H2,1-2H3. The van der Waals surface area contributed by atoms with Gasteiger partial charge in [0.2, 0.25) is 11.7 Å². The van der Waals surface area contributed by atoms with Crippen LogP contribution < -0.4 is 4.74 Å². The molecule has 0 N–H and O–H groups in total. The van der Waals surface area contributed by atoms with E-state index in [0.717, 1.165) is 24.4 Å². The molecule has 1 heterocycles. The predicted molar refractivity (Wildman–Crippen MR) is 98.7 cm³/mol. The zero-order valence-corrected chi connectivity index (χ0v) is 15.1. The van der Waals surface area contributed by atoms with Gasteiger partial charge in [-0.05, 0) is 17.7 Å². The molecule has 1 aromatic heterocycles. The third-order valence-corrected chi connectivity index (χ3v) is 4.02. The zero-order valence-electron chi connectivity index (χ0n) is 15.1. The molecule has 136 valence electrons. The number of hydrogen-bond donors (Lipinski definition) is 0. The first-order chi connectivity index (χ1) is 12.8. The maximum atomic E-state index is 5.46. The highest BCUT2D eigenvalue weighted by Crippen LogP contribution is 2.21. The van der Waals surface area contributed by atoms with Crippen molar-refractivity contribution in [2.45, 2.75) is 13.1 Å². The van der Waals surface area contributed by atoms with Crippen molar-refractivity contribution in [1.29, 1.82) is 0 Å². The van der Waals surface area contributed by atoms with Crippen LogP contribution in [0.5, 0.6) is 5.75 Å². The summed E-state index contributed by atoms with van der Waals surface area (Å²) in [5.41, 5.74) is 2.10. The maximum Gasteiger partial charge on any atom is 0.241 e. The minimum atomic E-state index is 0.560. The predicted octanol–water partition coefficient (Wildman–Crippen LogP) is 3.39. The Hall–Kier alpha value is -2.70. The second-order valence-electron chi connectivity index (χ2n) is 5.93. The lowest BCUT2D eigenvalue weighted by Gasteiger charge is -2.20. The van der Waals surface area contributed by atoms with E-state index in [9.17, 15) is 0 Å². The molecule has 3 rings (SSSR count). The molecule has 2 aromatic carbocycles. The molecule has 3 aromatic rings. The summed E-state index contributed by atoms with van der Waals surface area (Å²) in [7, 11) is 3.34. The van der Waals surface area contributed by atoms with Crippen LogP contribution in [0.25, 0.3) is 11.4 Å². The lowest BCUT2D eigenvalue weighted by Crippen LogP contribution is -2.26. The third-order valence-electron chi connectivity index (χ3n) is 4.02. The lowest BCUT2D eigenvalue weighted by atomic mass is 10.2. The summed E-state index contributed by atoms with van der Waals surface area (Å²) >= 11 is 0. The van der Waals surface area contributed by atoms with Gasteiger partial charge in [-0.15, -0.1) is 0 Å². The lowest BCUT2D eigenvalue weighted by molar-refractivity contribution is 0.131. The molecule has 6 heteroatoms. The molecule has 0 aliphatic carbocycles. The molecule has 0 radical (unpaired) electrons. The van der Waals surface area contributed by atoms with Gasteiger partial charge in [0.05, 0.1) is 20.3 Å². The summed E-state index contributed by atoms with van der Waals surface area (Å²) in [4.78, 5) is 6.75. The van der Waals surface area contributed by atoms with Gasteiger partial charge < -0.3 is 14.0 Å². The topological polar surface area (TPSA) is 60.6 Å². The number of nitrogens with zero attached hydrogens (tertiary/aromatic N) is 3. The van der Waals surface area contributed by atoms with Crippen molar-refractivity contribution in [1.82, 2.24) is 15.0 Å². The molecule has 0 spiro atoms. The number of benzene rings is 2. The minimum absolute atomic E-state index is 0.560. The third kappa shape index (κ3) is 4.91. The summed E-state index contributed by atoms with van der Waals surface area (Å²) in [5.74, 6) is 1.90. The van der Waals surface area contributed by atoms with E-state index in [-0.39, 0.29) is 0 Å². The molecule has 26 heavy (non-hydrogen) atoms. The van der Waals surface area contributed by atoms with Crippen molar-refractivity contribution in [3.05, 3.63) is 66.1 Å². The molecule has 0 saturated heterocycles. The van der Waals surface area contributed by atoms with Crippen LogP contribution in [-0.2, 0) is 17.8 Å². The van der Waals surface area contributed by atoms with Gasteiger partial charge in [-0.25, -0.2) is 0 Å². The summed E-state index contributed by atoms with van der Waals surface area (Å²) < 4.78 is 15.9. The van der Waals surface area contributed by atoms with Crippen LogP contribution in [-0.4, -0.2) is 42.4 Å². The van der Waals surface area contributed by atoms with E-state index in [1.807, 2.05) is 42.5 Å². The maximum absolute atomic E-state index is 5.46. The first-order valence-corrected chi connectivity index (χ1v) is 8.50. The number of aromatic nitrogens is 2. The van der Waals surface area contributed by atoms with Crippen LogP contribution in [0.3, 0.4) is 0 Å². The fourth-order valence-corrected chi connectivity index (χ4v) is 2.67. The van der Waals surface area contributed by atoms with E-state index in [1.54, 1.807) is 14.2 Å². The fraction of sp³-hybridized carbons (Fsp3) is 0.300. The molecule has 0 amide bonds. The Kier molecular flexibility index (Phi) is 6.35. The molecular weight excluding hydrogens is 330 g/mol. The van der Waals surface area contributed by atoms with Gasteiger partial charge in [-0.3, -0.25) is 4.90 Å². The van der Waals surface area contributed by atoms with E-state index < -0.39 is 0 Å². The monoisotopic (exact) mass is 353 g/mol. The Bertz CT molecular complexity index is 805. The normalized spacial score (nSPS) is 11.0. The highest BCUT2D eigenvalue weighted by molar-refractivity contribution is 5.56. The summed E-state index contributed by atoms with van der Waals surface area (Å²) in [6.07, 6.45) is 0. The van der Waals surface area contributed by atoms with E-state index in [1.165, 1.54) is 5.56 Å². The second-order valence-corrected chi connectivity index (χ2v) is 5.93. The van der Waals surface area contributed by atoms with Crippen LogP contribution in [0.4, 0.5) is 0 Å². The van der Waals surface area contributed by atoms with Crippen molar-refractivity contribution in [3.8, 4) is 17.1 Å². The van der Waals surface area contributed by atoms with Crippen LogP contribution in [0, 0.1) is 0 Å². The van der Waals surface area contributed by atoms with Crippen molar-refractivity contribution in [3.63, 3.8) is 0 Å². The minimum Gasteiger partial charge on any atom is -0.497 e. The Morgan fingerprint density at radius 2 is 1.85 bits per heavy atom. The van der Waals surface area contributed by atoms with E-state index in [2.05, 4.69) is 27.2 Å². The van der Waals surface area contributed by atoms with Crippen molar-refractivity contribution >= 4 is 0 Å². The van der Waals surface area contributed by atoms with Gasteiger partial charge in [0, 0.05) is 25.8 Å². The smallest absolute Gasteiger partial charge is 0.241 e. The van der Waals surface area contributed by atoms with Crippen molar-refractivity contribution in [2.24, 2.45) is 0 Å². The van der Waals surface area contributed by atoms with Crippen LogP contribution in [0.2, 0.25) is 0 Å². The molecular formula is C20H23N3O3. The Balaban J connectivity index is 1.71. The SMILES string of the molecule is COCCN(Cc1ccccc1)Cc1nc(-c2cccc(OC)c2)no1. The van der Waals surface area contributed by atoms with Gasteiger partial charge in [0.1, 0.15) is 5.75 Å². The number of rotatable bonds is 9. The van der Waals surface area contributed by atoms with Gasteiger partial charge in [-0.1, -0.05) is 47.6 Å². The quantitative estimate of drug-likeness (QED) is 0.588. The Morgan fingerprint density at radius 1 is 1.00 bits per heavy atom. The van der Waals surface area contributed by atoms with Gasteiger partial charge in [0.25, 0.3) is 0 Å². The summed E-state index contributed by atoms with van der Waals surface area (Å²) in [6, 6.07) is 17.9. The van der Waals surface area contributed by atoms with E-state index >= 15 is 0 Å². The average Bonchev–Trinajstić information content (AvgIpc) is 3.15. The van der Waals surface area contributed by atoms with Crippen LogP contribution in [0.15, 0.2) is 59.1 Å².